The zero-order valence-corrected chi connectivity index (χ0v) is 8.59. The van der Waals surface area contributed by atoms with Gasteiger partial charge in [0.25, 0.3) is 0 Å². The summed E-state index contributed by atoms with van der Waals surface area (Å²) in [6.07, 6.45) is 5.17. The molecule has 0 aromatic heterocycles. The van der Waals surface area contributed by atoms with Crippen molar-refractivity contribution in [3.63, 3.8) is 0 Å². The van der Waals surface area contributed by atoms with Gasteiger partial charge in [0.05, 0.1) is 12.5 Å². The van der Waals surface area contributed by atoms with E-state index in [0.29, 0.717) is 5.78 Å². The van der Waals surface area contributed by atoms with Crippen LogP contribution in [0.25, 0.3) is 0 Å². The molecule has 0 aliphatic heterocycles. The van der Waals surface area contributed by atoms with Crippen LogP contribution in [0.4, 0.5) is 0 Å². The zero-order chi connectivity index (χ0) is 9.97. The molecule has 0 bridgehead atoms. The second-order valence-corrected chi connectivity index (χ2v) is 3.97. The standard InChI is InChI=1S/C13H15O/c1-10(14)11-6-8-13(9-7-11)12-4-2-3-5-12/h6-9H,2-5H2,1H3/q+1/p+1. The van der Waals surface area contributed by atoms with E-state index in [4.69, 9.17) is 0 Å². The smallest absolute Gasteiger partial charge is 0.278 e. The summed E-state index contributed by atoms with van der Waals surface area (Å²) < 4.78 is 0. The lowest BCUT2D eigenvalue weighted by Gasteiger charge is -1.99. The molecule has 0 saturated heterocycles. The van der Waals surface area contributed by atoms with Crippen molar-refractivity contribution in [3.8, 4) is 0 Å². The minimum Gasteiger partial charge on any atom is -0.278 e. The molecule has 1 aliphatic rings. The van der Waals surface area contributed by atoms with E-state index in [0.717, 1.165) is 5.56 Å². The molecule has 1 nitrogen and oxygen atoms in total. The first kappa shape index (κ1) is 9.32. The maximum absolute atomic E-state index is 9.29. The SMILES string of the molecule is CC(=[OH+])c1ccc([C+]2CCCC2)cc1. The predicted molar refractivity (Wildman–Crippen MR) is 59.0 cm³/mol. The van der Waals surface area contributed by atoms with E-state index < -0.39 is 0 Å². The monoisotopic (exact) mass is 188 g/mol. The third-order valence-electron chi connectivity index (χ3n) is 2.92. The number of benzene rings is 1. The van der Waals surface area contributed by atoms with E-state index in [-0.39, 0.29) is 0 Å². The van der Waals surface area contributed by atoms with Crippen molar-refractivity contribution in [1.29, 1.82) is 0 Å². The Bertz CT molecular complexity index is 318. The van der Waals surface area contributed by atoms with Crippen molar-refractivity contribution in [3.05, 3.63) is 41.3 Å². The third-order valence-corrected chi connectivity index (χ3v) is 2.92. The zero-order valence-electron chi connectivity index (χ0n) is 8.59. The Balaban J connectivity index is 2.16. The number of ketones is 1. The molecule has 0 radical (unpaired) electrons. The Morgan fingerprint density at radius 1 is 1.14 bits per heavy atom. The second-order valence-electron chi connectivity index (χ2n) is 3.97. The summed E-state index contributed by atoms with van der Waals surface area (Å²) in [5, 5.41) is 0. The number of rotatable bonds is 2. The molecule has 1 aromatic rings. The van der Waals surface area contributed by atoms with Crippen molar-refractivity contribution in [2.45, 2.75) is 32.6 Å². The van der Waals surface area contributed by atoms with Gasteiger partial charge in [-0.3, -0.25) is 4.79 Å². The summed E-state index contributed by atoms with van der Waals surface area (Å²) >= 11 is 0. The molecule has 1 aromatic carbocycles. The maximum Gasteiger partial charge on any atom is 0.322 e. The van der Waals surface area contributed by atoms with Crippen molar-refractivity contribution < 1.29 is 4.79 Å². The van der Waals surface area contributed by atoms with Crippen LogP contribution in [0.2, 0.25) is 0 Å². The molecule has 2 rings (SSSR count). The van der Waals surface area contributed by atoms with E-state index in [1.54, 1.807) is 12.8 Å². The van der Waals surface area contributed by atoms with Gasteiger partial charge in [0.1, 0.15) is 5.56 Å². The lowest BCUT2D eigenvalue weighted by atomic mass is 9.96. The average Bonchev–Trinajstić information content (AvgIpc) is 2.71. The molecule has 14 heavy (non-hydrogen) atoms. The van der Waals surface area contributed by atoms with Gasteiger partial charge in [0, 0.05) is 43.0 Å². The van der Waals surface area contributed by atoms with E-state index >= 15 is 0 Å². The molecule has 1 N–H and O–H groups in total. The molecule has 0 atom stereocenters. The van der Waals surface area contributed by atoms with Gasteiger partial charge in [0.2, 0.25) is 0 Å². The van der Waals surface area contributed by atoms with Gasteiger partial charge in [0.15, 0.2) is 0 Å². The van der Waals surface area contributed by atoms with Crippen molar-refractivity contribution in [1.82, 2.24) is 0 Å². The van der Waals surface area contributed by atoms with Gasteiger partial charge >= 0.3 is 5.78 Å². The average molecular weight is 188 g/mol. The van der Waals surface area contributed by atoms with Crippen LogP contribution >= 0.6 is 0 Å². The first-order chi connectivity index (χ1) is 6.77. The second kappa shape index (κ2) is 3.87. The predicted octanol–water partition coefficient (Wildman–Crippen LogP) is 3.10. The van der Waals surface area contributed by atoms with Gasteiger partial charge in [-0.25, -0.2) is 0 Å². The summed E-state index contributed by atoms with van der Waals surface area (Å²) in [6, 6.07) is 8.23. The Kier molecular flexibility index (Phi) is 2.58. The summed E-state index contributed by atoms with van der Waals surface area (Å²) in [6.45, 7) is 1.72. The highest BCUT2D eigenvalue weighted by Crippen LogP contribution is 2.32. The molecular formula is C13H16O+2. The van der Waals surface area contributed by atoms with E-state index in [9.17, 15) is 4.79 Å². The molecule has 0 unspecified atom stereocenters. The fraction of sp³-hybridized carbons (Fsp3) is 0.385. The summed E-state index contributed by atoms with van der Waals surface area (Å²) in [4.78, 5) is 9.29. The number of hydrogen-bond acceptors (Lipinski definition) is 0. The highest BCUT2D eigenvalue weighted by atomic mass is 16.1. The summed E-state index contributed by atoms with van der Waals surface area (Å²) in [7, 11) is 0. The van der Waals surface area contributed by atoms with E-state index in [2.05, 4.69) is 12.1 Å². The number of hydrogen-bond donors (Lipinski definition) is 0. The first-order valence-corrected chi connectivity index (χ1v) is 5.25. The van der Waals surface area contributed by atoms with Gasteiger partial charge in [-0.05, 0) is 12.8 Å². The van der Waals surface area contributed by atoms with E-state index in [1.165, 1.54) is 31.2 Å². The molecule has 72 valence electrons. The van der Waals surface area contributed by atoms with Crippen LogP contribution in [-0.2, 0) is 0 Å². The van der Waals surface area contributed by atoms with Crippen molar-refractivity contribution in [2.24, 2.45) is 0 Å². The molecule has 0 amide bonds. The van der Waals surface area contributed by atoms with Crippen LogP contribution in [0.3, 0.4) is 0 Å². The van der Waals surface area contributed by atoms with Crippen molar-refractivity contribution in [2.75, 3.05) is 0 Å². The molecule has 1 aliphatic carbocycles. The van der Waals surface area contributed by atoms with Gasteiger partial charge in [-0.2, -0.15) is 0 Å². The molecule has 1 saturated carbocycles. The molecule has 1 fully saturated rings. The normalized spacial score (nSPS) is 15.9. The quantitative estimate of drug-likeness (QED) is 0.386. The first-order valence-electron chi connectivity index (χ1n) is 5.25. The highest BCUT2D eigenvalue weighted by molar-refractivity contribution is 5.94. The minimum atomic E-state index is 0.396. The van der Waals surface area contributed by atoms with Gasteiger partial charge in [-0.15, -0.1) is 0 Å². The van der Waals surface area contributed by atoms with Crippen LogP contribution in [0.5, 0.6) is 0 Å². The lowest BCUT2D eigenvalue weighted by Crippen LogP contribution is -1.97. The van der Waals surface area contributed by atoms with Crippen LogP contribution in [0, 0.1) is 5.92 Å². The summed E-state index contributed by atoms with van der Waals surface area (Å²) in [5.41, 5.74) is 2.28. The molecular weight excluding hydrogens is 172 g/mol. The van der Waals surface area contributed by atoms with Crippen LogP contribution in [0.15, 0.2) is 24.3 Å². The fourth-order valence-corrected chi connectivity index (χ4v) is 2.04. The van der Waals surface area contributed by atoms with E-state index in [1.807, 2.05) is 12.1 Å². The maximum atomic E-state index is 9.29. The minimum absolute atomic E-state index is 0.396. The number of carbonyl (C=O) groups excluding carboxylic acids is 1. The van der Waals surface area contributed by atoms with Crippen LogP contribution in [-0.4, -0.2) is 10.6 Å². The Labute approximate surface area is 85.1 Å². The molecule has 0 spiro atoms. The highest BCUT2D eigenvalue weighted by Gasteiger charge is 2.23. The van der Waals surface area contributed by atoms with Crippen LogP contribution in [0.1, 0.15) is 43.7 Å². The summed E-state index contributed by atoms with van der Waals surface area (Å²) in [5.74, 6) is 1.97. The lowest BCUT2D eigenvalue weighted by molar-refractivity contribution is 0.675. The largest absolute Gasteiger partial charge is 0.322 e. The Hall–Kier alpha value is -1.24. The Morgan fingerprint density at radius 3 is 2.21 bits per heavy atom. The van der Waals surface area contributed by atoms with Gasteiger partial charge < -0.3 is 0 Å². The third kappa shape index (κ3) is 1.82. The van der Waals surface area contributed by atoms with Crippen molar-refractivity contribution >= 4 is 5.78 Å². The fourth-order valence-electron chi connectivity index (χ4n) is 2.04. The van der Waals surface area contributed by atoms with Gasteiger partial charge in [-0.1, -0.05) is 0 Å². The molecule has 1 heteroatoms. The van der Waals surface area contributed by atoms with Crippen LogP contribution < -0.4 is 0 Å². The Morgan fingerprint density at radius 2 is 1.71 bits per heavy atom. The topological polar surface area (TPSA) is 21.4 Å². The molecule has 0 heterocycles.